The van der Waals surface area contributed by atoms with E-state index in [9.17, 15) is 14.7 Å². The summed E-state index contributed by atoms with van der Waals surface area (Å²) in [4.78, 5) is 23.1. The van der Waals surface area contributed by atoms with Crippen molar-refractivity contribution in [1.29, 1.82) is 0 Å². The molecule has 1 aromatic carbocycles. The molecule has 1 fully saturated rings. The van der Waals surface area contributed by atoms with E-state index in [1.54, 1.807) is 6.92 Å². The Hall–Kier alpha value is -1.56. The highest BCUT2D eigenvalue weighted by Gasteiger charge is 2.48. The summed E-state index contributed by atoms with van der Waals surface area (Å²) in [7, 11) is 0. The Bertz CT molecular complexity index is 514. The van der Waals surface area contributed by atoms with Crippen LogP contribution in [0.4, 0.5) is 4.79 Å². The molecule has 1 aliphatic carbocycles. The molecule has 0 aromatic heterocycles. The lowest BCUT2D eigenvalue weighted by Crippen LogP contribution is -2.56. The Morgan fingerprint density at radius 2 is 1.95 bits per heavy atom. The molecule has 6 heteroatoms. The van der Waals surface area contributed by atoms with E-state index in [1.807, 2.05) is 24.3 Å². The lowest BCUT2D eigenvalue weighted by Gasteiger charge is -2.26. The Morgan fingerprint density at radius 1 is 1.35 bits per heavy atom. The van der Waals surface area contributed by atoms with Gasteiger partial charge in [-0.3, -0.25) is 0 Å². The maximum Gasteiger partial charge on any atom is 0.329 e. The molecule has 0 aliphatic heterocycles. The van der Waals surface area contributed by atoms with E-state index in [2.05, 4.69) is 26.6 Å². The normalized spacial score (nSPS) is 17.1. The average Bonchev–Trinajstić information content (AvgIpc) is 3.22. The number of benzene rings is 1. The highest BCUT2D eigenvalue weighted by Crippen LogP contribution is 2.39. The Balaban J connectivity index is 1.88. The van der Waals surface area contributed by atoms with Gasteiger partial charge in [-0.05, 0) is 43.4 Å². The first-order valence-corrected chi connectivity index (χ1v) is 7.25. The molecule has 0 heterocycles. The van der Waals surface area contributed by atoms with Crippen LogP contribution in [0.1, 0.15) is 25.3 Å². The lowest BCUT2D eigenvalue weighted by molar-refractivity contribution is -0.144. The molecule has 1 unspecified atom stereocenters. The van der Waals surface area contributed by atoms with Crippen molar-refractivity contribution < 1.29 is 14.7 Å². The van der Waals surface area contributed by atoms with Crippen LogP contribution in [-0.4, -0.2) is 22.6 Å². The van der Waals surface area contributed by atoms with E-state index in [4.69, 9.17) is 0 Å². The van der Waals surface area contributed by atoms with Gasteiger partial charge in [0.25, 0.3) is 0 Å². The second-order valence-corrected chi connectivity index (χ2v) is 6.13. The van der Waals surface area contributed by atoms with Crippen molar-refractivity contribution >= 4 is 27.9 Å². The molecule has 1 atom stereocenters. The van der Waals surface area contributed by atoms with Crippen LogP contribution in [0.5, 0.6) is 0 Å². The van der Waals surface area contributed by atoms with Gasteiger partial charge in [0.2, 0.25) is 0 Å². The molecule has 1 saturated carbocycles. The van der Waals surface area contributed by atoms with Gasteiger partial charge in [-0.1, -0.05) is 28.1 Å². The van der Waals surface area contributed by atoms with E-state index in [-0.39, 0.29) is 5.92 Å². The molecular weight excluding hydrogens is 324 g/mol. The van der Waals surface area contributed by atoms with Crippen molar-refractivity contribution in [2.75, 3.05) is 0 Å². The number of carbonyl (C=O) groups is 2. The fraction of sp³-hybridized carbons (Fsp3) is 0.429. The number of halogens is 1. The van der Waals surface area contributed by atoms with Gasteiger partial charge in [-0.15, -0.1) is 0 Å². The minimum absolute atomic E-state index is 0.0263. The molecule has 3 N–H and O–H groups in total. The molecule has 5 nitrogen and oxygen atoms in total. The van der Waals surface area contributed by atoms with Crippen LogP contribution in [0.3, 0.4) is 0 Å². The summed E-state index contributed by atoms with van der Waals surface area (Å²) in [5.74, 6) is -0.961. The molecule has 2 amide bonds. The van der Waals surface area contributed by atoms with Gasteiger partial charge >= 0.3 is 12.0 Å². The van der Waals surface area contributed by atoms with Gasteiger partial charge in [0.1, 0.15) is 5.54 Å². The van der Waals surface area contributed by atoms with Gasteiger partial charge < -0.3 is 15.7 Å². The Kier molecular flexibility index (Phi) is 4.32. The first-order valence-electron chi connectivity index (χ1n) is 6.45. The topological polar surface area (TPSA) is 78.4 Å². The quantitative estimate of drug-likeness (QED) is 0.770. The number of carboxylic acid groups (broad SMARTS) is 1. The summed E-state index contributed by atoms with van der Waals surface area (Å²) < 4.78 is 0.970. The predicted octanol–water partition coefficient (Wildman–Crippen LogP) is 2.50. The van der Waals surface area contributed by atoms with Crippen LogP contribution in [0, 0.1) is 5.92 Å². The molecule has 2 rings (SSSR count). The minimum Gasteiger partial charge on any atom is -0.480 e. The predicted molar refractivity (Wildman–Crippen MR) is 78.3 cm³/mol. The molecule has 0 saturated heterocycles. The monoisotopic (exact) mass is 340 g/mol. The third kappa shape index (κ3) is 3.50. The number of carboxylic acids is 1. The van der Waals surface area contributed by atoms with Crippen molar-refractivity contribution in [3.05, 3.63) is 34.3 Å². The standard InChI is InChI=1S/C14H17BrN2O3/c1-14(12(18)19,10-4-5-10)17-13(20)16-8-9-2-6-11(15)7-3-9/h2-3,6-7,10H,4-5,8H2,1H3,(H,18,19)(H2,16,17,20). The fourth-order valence-corrected chi connectivity index (χ4v) is 2.32. The first kappa shape index (κ1) is 14.8. The van der Waals surface area contributed by atoms with E-state index < -0.39 is 17.5 Å². The average molecular weight is 341 g/mol. The van der Waals surface area contributed by atoms with E-state index in [0.29, 0.717) is 6.54 Å². The highest BCUT2D eigenvalue weighted by molar-refractivity contribution is 9.10. The van der Waals surface area contributed by atoms with Gasteiger partial charge in [0, 0.05) is 11.0 Å². The third-order valence-corrected chi connectivity index (χ3v) is 4.11. The van der Waals surface area contributed by atoms with Crippen LogP contribution < -0.4 is 10.6 Å². The maximum atomic E-state index is 11.8. The fourth-order valence-electron chi connectivity index (χ4n) is 2.06. The molecule has 20 heavy (non-hydrogen) atoms. The zero-order valence-corrected chi connectivity index (χ0v) is 12.7. The van der Waals surface area contributed by atoms with Crippen molar-refractivity contribution in [3.63, 3.8) is 0 Å². The molecule has 0 bridgehead atoms. The van der Waals surface area contributed by atoms with E-state index >= 15 is 0 Å². The van der Waals surface area contributed by atoms with E-state index in [0.717, 1.165) is 22.9 Å². The molecule has 1 aliphatic rings. The van der Waals surface area contributed by atoms with Gasteiger partial charge in [-0.25, -0.2) is 9.59 Å². The number of rotatable bonds is 5. The zero-order valence-electron chi connectivity index (χ0n) is 11.1. The zero-order chi connectivity index (χ0) is 14.8. The summed E-state index contributed by atoms with van der Waals surface area (Å²) in [5.41, 5.74) is -0.226. The number of carbonyl (C=O) groups excluding carboxylic acids is 1. The number of amides is 2. The summed E-state index contributed by atoms with van der Waals surface area (Å²) in [6.07, 6.45) is 1.69. The summed E-state index contributed by atoms with van der Waals surface area (Å²) in [5, 5.41) is 14.5. The molecular formula is C14H17BrN2O3. The first-order chi connectivity index (χ1) is 9.41. The third-order valence-electron chi connectivity index (χ3n) is 3.58. The van der Waals surface area contributed by atoms with Crippen LogP contribution in [0.25, 0.3) is 0 Å². The van der Waals surface area contributed by atoms with Crippen molar-refractivity contribution in [1.82, 2.24) is 10.6 Å². The Labute approximate surface area is 125 Å². The number of urea groups is 1. The van der Waals surface area contributed by atoms with Gasteiger partial charge in [0.05, 0.1) is 0 Å². The largest absolute Gasteiger partial charge is 0.480 e. The van der Waals surface area contributed by atoms with Gasteiger partial charge in [0.15, 0.2) is 0 Å². The Morgan fingerprint density at radius 3 is 2.45 bits per heavy atom. The second kappa shape index (κ2) is 5.83. The minimum atomic E-state index is -1.18. The van der Waals surface area contributed by atoms with Crippen molar-refractivity contribution in [2.45, 2.75) is 31.8 Å². The number of nitrogens with one attached hydrogen (secondary N) is 2. The molecule has 1 aromatic rings. The van der Waals surface area contributed by atoms with Crippen molar-refractivity contribution in [3.8, 4) is 0 Å². The summed E-state index contributed by atoms with van der Waals surface area (Å²) >= 11 is 3.34. The van der Waals surface area contributed by atoms with Crippen LogP contribution in [0.2, 0.25) is 0 Å². The van der Waals surface area contributed by atoms with Crippen LogP contribution >= 0.6 is 15.9 Å². The highest BCUT2D eigenvalue weighted by atomic mass is 79.9. The van der Waals surface area contributed by atoms with E-state index in [1.165, 1.54) is 0 Å². The molecule has 0 spiro atoms. The smallest absolute Gasteiger partial charge is 0.329 e. The lowest BCUT2D eigenvalue weighted by atomic mass is 9.96. The van der Waals surface area contributed by atoms with Crippen molar-refractivity contribution in [2.24, 2.45) is 5.92 Å². The summed E-state index contributed by atoms with van der Waals surface area (Å²) in [6.45, 7) is 1.92. The number of hydrogen-bond donors (Lipinski definition) is 3. The number of aliphatic carboxylic acids is 1. The molecule has 108 valence electrons. The van der Waals surface area contributed by atoms with Gasteiger partial charge in [-0.2, -0.15) is 0 Å². The summed E-state index contributed by atoms with van der Waals surface area (Å²) in [6, 6.07) is 7.11. The van der Waals surface area contributed by atoms with Crippen LogP contribution in [-0.2, 0) is 11.3 Å². The SMILES string of the molecule is CC(NC(=O)NCc1ccc(Br)cc1)(C(=O)O)C1CC1. The second-order valence-electron chi connectivity index (χ2n) is 5.22. The molecule has 0 radical (unpaired) electrons. The van der Waals surface area contributed by atoms with Crippen LogP contribution in [0.15, 0.2) is 28.7 Å². The number of hydrogen-bond acceptors (Lipinski definition) is 2. The maximum absolute atomic E-state index is 11.8.